The van der Waals surface area contributed by atoms with E-state index in [0.29, 0.717) is 16.7 Å². The number of aromatic nitrogens is 4. The molecule has 0 spiro atoms. The number of halogens is 2. The van der Waals surface area contributed by atoms with Gasteiger partial charge < -0.3 is 5.32 Å². The molecule has 0 radical (unpaired) electrons. The second-order valence-electron chi connectivity index (χ2n) is 11.1. The summed E-state index contributed by atoms with van der Waals surface area (Å²) in [5.74, 6) is 2.39. The zero-order chi connectivity index (χ0) is 27.4. The first-order chi connectivity index (χ1) is 19.4. The quantitative estimate of drug-likeness (QED) is 0.203. The van der Waals surface area contributed by atoms with Gasteiger partial charge in [-0.1, -0.05) is 37.0 Å². The highest BCUT2D eigenvalue weighted by atomic mass is 35.5. The van der Waals surface area contributed by atoms with E-state index in [9.17, 15) is 0 Å². The number of nitrogens with one attached hydrogen (secondary N) is 1. The number of anilines is 2. The van der Waals surface area contributed by atoms with Crippen molar-refractivity contribution in [3.63, 3.8) is 0 Å². The van der Waals surface area contributed by atoms with Crippen LogP contribution in [0, 0.1) is 11.8 Å². The summed E-state index contributed by atoms with van der Waals surface area (Å²) in [6, 6.07) is 4.05. The van der Waals surface area contributed by atoms with Crippen LogP contribution in [0.1, 0.15) is 58.7 Å². The monoisotopic (exact) mass is 606 g/mol. The molecule has 2 aliphatic carbocycles. The second kappa shape index (κ2) is 10.6. The average Bonchev–Trinajstić information content (AvgIpc) is 3.64. The number of hydrogen-bond acceptors (Lipinski definition) is 8. The summed E-state index contributed by atoms with van der Waals surface area (Å²) in [6.07, 6.45) is 12.1. The number of fused-ring (bicyclic) bond motifs is 7. The van der Waals surface area contributed by atoms with Gasteiger partial charge >= 0.3 is 0 Å². The molecule has 0 amide bonds. The summed E-state index contributed by atoms with van der Waals surface area (Å²) in [7, 11) is 0. The van der Waals surface area contributed by atoms with E-state index >= 15 is 0 Å². The van der Waals surface area contributed by atoms with Crippen molar-refractivity contribution >= 4 is 84.0 Å². The molecule has 5 aromatic rings. The lowest BCUT2D eigenvalue weighted by atomic mass is 9.89. The Kier molecular flexibility index (Phi) is 6.98. The van der Waals surface area contributed by atoms with Crippen molar-refractivity contribution in [1.82, 2.24) is 19.9 Å². The second-order valence-corrected chi connectivity index (χ2v) is 14.0. The normalized spacial score (nSPS) is 19.2. The van der Waals surface area contributed by atoms with Crippen LogP contribution in [0.2, 0.25) is 10.2 Å². The lowest BCUT2D eigenvalue weighted by Crippen LogP contribution is -2.09. The lowest BCUT2D eigenvalue weighted by Gasteiger charge is -2.18. The zero-order valence-electron chi connectivity index (χ0n) is 22.3. The van der Waals surface area contributed by atoms with Crippen LogP contribution in [0.4, 0.5) is 11.5 Å². The number of hydrogen-bond donors (Lipinski definition) is 1. The van der Waals surface area contributed by atoms with Crippen LogP contribution in [0.3, 0.4) is 0 Å². The van der Waals surface area contributed by atoms with Crippen LogP contribution in [0.15, 0.2) is 29.8 Å². The van der Waals surface area contributed by atoms with Crippen LogP contribution in [-0.4, -0.2) is 26.2 Å². The van der Waals surface area contributed by atoms with Gasteiger partial charge in [-0.3, -0.25) is 4.99 Å². The fraction of sp³-hybridized carbons (Fsp3) is 0.367. The topological polar surface area (TPSA) is 76.0 Å². The first kappa shape index (κ1) is 26.3. The van der Waals surface area contributed by atoms with Gasteiger partial charge in [-0.15, -0.1) is 22.7 Å². The number of aryl methyl sites for hydroxylation is 2. The zero-order valence-corrected chi connectivity index (χ0v) is 25.4. The average molecular weight is 608 g/mol. The molecule has 1 N–H and O–H groups in total. The molecule has 4 aromatic heterocycles. The predicted molar refractivity (Wildman–Crippen MR) is 168 cm³/mol. The van der Waals surface area contributed by atoms with Crippen LogP contribution >= 0.6 is 45.9 Å². The Balaban J connectivity index is 0.000000150. The van der Waals surface area contributed by atoms with Crippen molar-refractivity contribution in [2.75, 3.05) is 5.32 Å². The van der Waals surface area contributed by atoms with Gasteiger partial charge in [0.15, 0.2) is 0 Å². The van der Waals surface area contributed by atoms with E-state index in [1.807, 2.05) is 23.6 Å². The van der Waals surface area contributed by atoms with Gasteiger partial charge in [0.25, 0.3) is 0 Å². The highest BCUT2D eigenvalue weighted by Crippen LogP contribution is 2.42. The third-order valence-electron chi connectivity index (χ3n) is 8.11. The molecule has 2 atom stereocenters. The Morgan fingerprint density at radius 1 is 0.825 bits per heavy atom. The molecule has 2 unspecified atom stereocenters. The van der Waals surface area contributed by atoms with E-state index in [1.165, 1.54) is 51.1 Å². The molecular weight excluding hydrogens is 579 g/mol. The summed E-state index contributed by atoms with van der Waals surface area (Å²) >= 11 is 16.2. The Morgan fingerprint density at radius 3 is 2.20 bits per heavy atom. The molecule has 40 heavy (non-hydrogen) atoms. The molecule has 10 heteroatoms. The molecule has 0 bridgehead atoms. The maximum Gasteiger partial charge on any atom is 0.142 e. The third kappa shape index (κ3) is 4.79. The minimum absolute atomic E-state index is 0.618. The van der Waals surface area contributed by atoms with Gasteiger partial charge in [0.05, 0.1) is 28.0 Å². The molecule has 204 valence electrons. The number of nitrogens with zero attached hydrogens (tertiary/aromatic N) is 5. The lowest BCUT2D eigenvalue weighted by molar-refractivity contribution is 0.509. The largest absolute Gasteiger partial charge is 0.338 e. The molecule has 8 rings (SSSR count). The summed E-state index contributed by atoms with van der Waals surface area (Å²) in [5.41, 5.74) is 5.99. The minimum Gasteiger partial charge on any atom is -0.338 e. The first-order valence-corrected chi connectivity index (χ1v) is 16.1. The molecule has 0 saturated heterocycles. The smallest absolute Gasteiger partial charge is 0.142 e. The highest BCUT2D eigenvalue weighted by molar-refractivity contribution is 7.19. The first-order valence-electron chi connectivity index (χ1n) is 13.7. The molecule has 3 aliphatic rings. The van der Waals surface area contributed by atoms with Crippen LogP contribution in [-0.2, 0) is 32.2 Å². The van der Waals surface area contributed by atoms with Crippen molar-refractivity contribution in [2.45, 2.75) is 58.9 Å². The Morgan fingerprint density at radius 2 is 1.48 bits per heavy atom. The summed E-state index contributed by atoms with van der Waals surface area (Å²) < 4.78 is 0. The fourth-order valence-electron chi connectivity index (χ4n) is 5.96. The van der Waals surface area contributed by atoms with E-state index < -0.39 is 0 Å². The van der Waals surface area contributed by atoms with Crippen LogP contribution in [0.25, 0.3) is 20.4 Å². The van der Waals surface area contributed by atoms with Gasteiger partial charge in [0.1, 0.15) is 33.3 Å². The molecule has 5 heterocycles. The number of thiophene rings is 2. The van der Waals surface area contributed by atoms with E-state index in [1.54, 1.807) is 24.0 Å². The van der Waals surface area contributed by atoms with E-state index in [4.69, 9.17) is 23.2 Å². The van der Waals surface area contributed by atoms with Gasteiger partial charge in [-0.2, -0.15) is 0 Å². The standard InChI is InChI=1S/C19H17ClN4S.C11H11ClN2S/c1-10-2-3-13-16(4-10)25-19-17(13)18(22-9-23-19)24-15-6-12-8-21-7-11(12)5-14(15)20;1-6-2-3-7-8(4-6)15-11-9(7)10(12)13-5-14-11/h5-6,8-10H,2-4,7H2,1H3,(H,22,23,24);5-6H,2-4H2,1H3. The fourth-order valence-corrected chi connectivity index (χ4v) is 9.20. The summed E-state index contributed by atoms with van der Waals surface area (Å²) in [6.45, 7) is 5.34. The van der Waals surface area contributed by atoms with Gasteiger partial charge in [0, 0.05) is 16.0 Å². The Labute approximate surface area is 250 Å². The van der Waals surface area contributed by atoms with E-state index in [0.717, 1.165) is 63.2 Å². The van der Waals surface area contributed by atoms with E-state index in [2.05, 4.69) is 50.2 Å². The summed E-state index contributed by atoms with van der Waals surface area (Å²) in [4.78, 5) is 26.8. The third-order valence-corrected chi connectivity index (χ3v) is 11.0. The van der Waals surface area contributed by atoms with Crippen molar-refractivity contribution in [3.8, 4) is 0 Å². The predicted octanol–water partition coefficient (Wildman–Crippen LogP) is 8.62. The molecule has 6 nitrogen and oxygen atoms in total. The minimum atomic E-state index is 0.618. The Bertz CT molecular complexity index is 1790. The van der Waals surface area contributed by atoms with E-state index in [-0.39, 0.29) is 0 Å². The highest BCUT2D eigenvalue weighted by Gasteiger charge is 2.24. The van der Waals surface area contributed by atoms with Gasteiger partial charge in [-0.25, -0.2) is 19.9 Å². The van der Waals surface area contributed by atoms with Crippen LogP contribution < -0.4 is 5.32 Å². The van der Waals surface area contributed by atoms with Crippen molar-refractivity contribution in [1.29, 1.82) is 0 Å². The number of rotatable bonds is 2. The number of benzene rings is 1. The van der Waals surface area contributed by atoms with Gasteiger partial charge in [0.2, 0.25) is 0 Å². The van der Waals surface area contributed by atoms with Gasteiger partial charge in [-0.05, 0) is 84.7 Å². The maximum absolute atomic E-state index is 6.49. The number of aliphatic imine (C=N–C) groups is 1. The Hall–Kier alpha value is -2.65. The van der Waals surface area contributed by atoms with Crippen molar-refractivity contribution < 1.29 is 0 Å². The molecule has 0 saturated carbocycles. The molecule has 1 aliphatic heterocycles. The summed E-state index contributed by atoms with van der Waals surface area (Å²) in [5, 5.41) is 7.04. The van der Waals surface area contributed by atoms with Crippen molar-refractivity contribution in [2.24, 2.45) is 16.8 Å². The molecule has 1 aromatic carbocycles. The molecular formula is C30H28Cl2N6S2. The van der Waals surface area contributed by atoms with Crippen molar-refractivity contribution in [3.05, 3.63) is 67.0 Å². The molecule has 0 fully saturated rings. The SMILES string of the molecule is CC1CCc2c(sc3ncnc(Cl)c23)C1.CC1CCc2c(sc3ncnc(Nc4cc5c(cc4Cl)CN=C5)c23)C1. The van der Waals surface area contributed by atoms with Crippen LogP contribution in [0.5, 0.6) is 0 Å². The maximum atomic E-state index is 6.49.